The highest BCUT2D eigenvalue weighted by Gasteiger charge is 2.17. The van der Waals surface area contributed by atoms with Gasteiger partial charge in [-0.3, -0.25) is 0 Å². The lowest BCUT2D eigenvalue weighted by Gasteiger charge is -2.12. The Bertz CT molecular complexity index is 326. The molecule has 1 N–H and O–H groups in total. The van der Waals surface area contributed by atoms with E-state index >= 15 is 0 Å². The zero-order chi connectivity index (χ0) is 9.97. The molecule has 0 aliphatic carbocycles. The van der Waals surface area contributed by atoms with Crippen LogP contribution in [0.1, 0.15) is 24.4 Å². The Morgan fingerprint density at radius 1 is 1.47 bits per heavy atom. The summed E-state index contributed by atoms with van der Waals surface area (Å²) in [6, 6.07) is 5.43. The van der Waals surface area contributed by atoms with Gasteiger partial charge in [0.05, 0.1) is 7.11 Å². The number of benzene rings is 1. The molecule has 84 valence electrons. The Labute approximate surface area is 95.2 Å². The van der Waals surface area contributed by atoms with E-state index in [1.165, 1.54) is 19.6 Å². The summed E-state index contributed by atoms with van der Waals surface area (Å²) < 4.78 is 18.1. The minimum atomic E-state index is -0.297. The van der Waals surface area contributed by atoms with E-state index in [9.17, 15) is 4.39 Å². The van der Waals surface area contributed by atoms with Gasteiger partial charge in [0.1, 0.15) is 0 Å². The fraction of sp³-hybridized carbons (Fsp3) is 0.455. The molecule has 0 aromatic heterocycles. The van der Waals surface area contributed by atoms with Crippen LogP contribution in [0.3, 0.4) is 0 Å². The number of halogens is 2. The molecular weight excluding hydrogens is 217 g/mol. The molecule has 0 amide bonds. The van der Waals surface area contributed by atoms with Gasteiger partial charge in [-0.15, -0.1) is 12.4 Å². The van der Waals surface area contributed by atoms with Crippen molar-refractivity contribution in [2.75, 3.05) is 13.7 Å². The van der Waals surface area contributed by atoms with Crippen LogP contribution in [0.5, 0.6) is 5.75 Å². The fourth-order valence-corrected chi connectivity index (χ4v) is 1.86. The normalized spacial score (nSPS) is 19.7. The standard InChI is InChI=1S/C11H14FNO.ClH/c1-14-11-7-8(4-5-9(11)12)10-3-2-6-13-10;/h4-5,7,10,13H,2-3,6H2,1H3;1H/t10-;/m0./s1. The lowest BCUT2D eigenvalue weighted by atomic mass is 10.1. The van der Waals surface area contributed by atoms with Gasteiger partial charge in [-0.25, -0.2) is 4.39 Å². The number of hydrogen-bond donors (Lipinski definition) is 1. The Kier molecular flexibility index (Phi) is 4.36. The van der Waals surface area contributed by atoms with Gasteiger partial charge < -0.3 is 10.1 Å². The first-order valence-electron chi connectivity index (χ1n) is 4.88. The molecule has 1 aliphatic heterocycles. The molecule has 4 heteroatoms. The molecule has 1 atom stereocenters. The van der Waals surface area contributed by atoms with Crippen molar-refractivity contribution in [3.63, 3.8) is 0 Å². The summed E-state index contributed by atoms with van der Waals surface area (Å²) in [6.07, 6.45) is 2.30. The molecule has 0 unspecified atom stereocenters. The van der Waals surface area contributed by atoms with Gasteiger partial charge in [0.15, 0.2) is 11.6 Å². The summed E-state index contributed by atoms with van der Waals surface area (Å²) in [5.41, 5.74) is 1.11. The van der Waals surface area contributed by atoms with Crippen LogP contribution >= 0.6 is 12.4 Å². The van der Waals surface area contributed by atoms with E-state index in [-0.39, 0.29) is 18.2 Å². The number of hydrogen-bond acceptors (Lipinski definition) is 2. The van der Waals surface area contributed by atoms with Gasteiger partial charge in [0, 0.05) is 6.04 Å². The molecule has 1 fully saturated rings. The first-order valence-corrected chi connectivity index (χ1v) is 4.88. The number of ether oxygens (including phenoxy) is 1. The maximum atomic E-state index is 13.1. The van der Waals surface area contributed by atoms with Crippen LogP contribution in [0, 0.1) is 5.82 Å². The minimum Gasteiger partial charge on any atom is -0.494 e. The highest BCUT2D eigenvalue weighted by molar-refractivity contribution is 5.85. The van der Waals surface area contributed by atoms with Crippen LogP contribution in [-0.4, -0.2) is 13.7 Å². The van der Waals surface area contributed by atoms with Gasteiger partial charge in [-0.1, -0.05) is 6.07 Å². The Morgan fingerprint density at radius 2 is 2.27 bits per heavy atom. The minimum absolute atomic E-state index is 0. The van der Waals surface area contributed by atoms with E-state index in [2.05, 4.69) is 5.32 Å². The van der Waals surface area contributed by atoms with Crippen molar-refractivity contribution in [1.82, 2.24) is 5.32 Å². The first kappa shape index (κ1) is 12.3. The third-order valence-corrected chi connectivity index (χ3v) is 2.64. The van der Waals surface area contributed by atoms with Gasteiger partial charge in [-0.05, 0) is 37.1 Å². The zero-order valence-electron chi connectivity index (χ0n) is 8.63. The average molecular weight is 232 g/mol. The second kappa shape index (κ2) is 5.33. The number of methoxy groups -OCH3 is 1. The SMILES string of the molecule is COc1cc([C@@H]2CCCN2)ccc1F.Cl. The molecule has 1 saturated heterocycles. The quantitative estimate of drug-likeness (QED) is 0.845. The maximum Gasteiger partial charge on any atom is 0.165 e. The predicted octanol–water partition coefficient (Wildman–Crippen LogP) is 2.68. The van der Waals surface area contributed by atoms with Crippen molar-refractivity contribution in [2.24, 2.45) is 0 Å². The van der Waals surface area contributed by atoms with E-state index in [0.717, 1.165) is 18.5 Å². The lowest BCUT2D eigenvalue weighted by molar-refractivity contribution is 0.385. The maximum absolute atomic E-state index is 13.1. The van der Waals surface area contributed by atoms with E-state index in [0.29, 0.717) is 11.8 Å². The third-order valence-electron chi connectivity index (χ3n) is 2.64. The largest absolute Gasteiger partial charge is 0.494 e. The van der Waals surface area contributed by atoms with E-state index in [4.69, 9.17) is 4.74 Å². The van der Waals surface area contributed by atoms with Gasteiger partial charge >= 0.3 is 0 Å². The van der Waals surface area contributed by atoms with Crippen molar-refractivity contribution in [1.29, 1.82) is 0 Å². The van der Waals surface area contributed by atoms with Crippen LogP contribution < -0.4 is 10.1 Å². The van der Waals surface area contributed by atoms with Gasteiger partial charge in [0.2, 0.25) is 0 Å². The van der Waals surface area contributed by atoms with Crippen LogP contribution in [0.4, 0.5) is 4.39 Å². The summed E-state index contributed by atoms with van der Waals surface area (Å²) >= 11 is 0. The summed E-state index contributed by atoms with van der Waals surface area (Å²) in [5.74, 6) is 0.0328. The second-order valence-corrected chi connectivity index (χ2v) is 3.54. The molecule has 2 nitrogen and oxygen atoms in total. The zero-order valence-corrected chi connectivity index (χ0v) is 9.44. The predicted molar refractivity (Wildman–Crippen MR) is 60.2 cm³/mol. The molecule has 1 aromatic carbocycles. The summed E-state index contributed by atoms with van der Waals surface area (Å²) in [6.45, 7) is 1.05. The van der Waals surface area contributed by atoms with Crippen LogP contribution in [0.25, 0.3) is 0 Å². The number of nitrogens with one attached hydrogen (secondary N) is 1. The molecule has 0 radical (unpaired) electrons. The third kappa shape index (κ3) is 2.61. The van der Waals surface area contributed by atoms with Crippen LogP contribution in [-0.2, 0) is 0 Å². The number of rotatable bonds is 2. The molecule has 1 heterocycles. The molecule has 1 aliphatic rings. The van der Waals surface area contributed by atoms with Crippen molar-refractivity contribution >= 4 is 12.4 Å². The second-order valence-electron chi connectivity index (χ2n) is 3.54. The van der Waals surface area contributed by atoms with Crippen molar-refractivity contribution in [3.05, 3.63) is 29.6 Å². The monoisotopic (exact) mass is 231 g/mol. The molecule has 0 bridgehead atoms. The van der Waals surface area contributed by atoms with Gasteiger partial charge in [0.25, 0.3) is 0 Å². The van der Waals surface area contributed by atoms with E-state index < -0.39 is 0 Å². The van der Waals surface area contributed by atoms with E-state index in [1.807, 2.05) is 6.07 Å². The smallest absolute Gasteiger partial charge is 0.165 e. The van der Waals surface area contributed by atoms with Crippen LogP contribution in [0.15, 0.2) is 18.2 Å². The fourth-order valence-electron chi connectivity index (χ4n) is 1.86. The van der Waals surface area contributed by atoms with E-state index in [1.54, 1.807) is 6.07 Å². The van der Waals surface area contributed by atoms with Crippen molar-refractivity contribution in [2.45, 2.75) is 18.9 Å². The summed E-state index contributed by atoms with van der Waals surface area (Å²) in [4.78, 5) is 0. The average Bonchev–Trinajstić information content (AvgIpc) is 2.71. The van der Waals surface area contributed by atoms with Gasteiger partial charge in [-0.2, -0.15) is 0 Å². The Hall–Kier alpha value is -0.800. The Balaban J connectivity index is 0.00000112. The molecule has 1 aromatic rings. The summed E-state index contributed by atoms with van der Waals surface area (Å²) in [7, 11) is 1.49. The van der Waals surface area contributed by atoms with Crippen molar-refractivity contribution < 1.29 is 9.13 Å². The molecule has 0 saturated carbocycles. The molecule has 15 heavy (non-hydrogen) atoms. The highest BCUT2D eigenvalue weighted by atomic mass is 35.5. The van der Waals surface area contributed by atoms with Crippen molar-refractivity contribution in [3.8, 4) is 5.75 Å². The van der Waals surface area contributed by atoms with Crippen LogP contribution in [0.2, 0.25) is 0 Å². The Morgan fingerprint density at radius 3 is 2.87 bits per heavy atom. The molecule has 2 rings (SSSR count). The summed E-state index contributed by atoms with van der Waals surface area (Å²) in [5, 5.41) is 3.37. The highest BCUT2D eigenvalue weighted by Crippen LogP contribution is 2.27. The molecular formula is C11H15ClFNO. The first-order chi connectivity index (χ1) is 6.81. The topological polar surface area (TPSA) is 21.3 Å². The molecule has 0 spiro atoms. The lowest BCUT2D eigenvalue weighted by Crippen LogP contribution is -2.12.